The van der Waals surface area contributed by atoms with E-state index in [1.54, 1.807) is 0 Å². The standard InChI is InChI=1S/C6H6F5I/c7-5(8,6(9,10)11)4(12)3-1-2-3/h3-4H,1-2H2. The third-order valence-electron chi connectivity index (χ3n) is 1.76. The van der Waals surface area contributed by atoms with Crippen LogP contribution in [0.3, 0.4) is 0 Å². The lowest BCUT2D eigenvalue weighted by Crippen LogP contribution is -2.45. The molecule has 0 aromatic heterocycles. The van der Waals surface area contributed by atoms with Crippen molar-refractivity contribution in [2.24, 2.45) is 5.92 Å². The summed E-state index contributed by atoms with van der Waals surface area (Å²) in [5.41, 5.74) is 0. The van der Waals surface area contributed by atoms with Crippen molar-refractivity contribution in [3.63, 3.8) is 0 Å². The van der Waals surface area contributed by atoms with E-state index in [0.717, 1.165) is 0 Å². The van der Waals surface area contributed by atoms with Crippen molar-refractivity contribution in [1.29, 1.82) is 0 Å². The zero-order valence-electron chi connectivity index (χ0n) is 5.84. The highest BCUT2D eigenvalue weighted by molar-refractivity contribution is 14.1. The first-order chi connectivity index (χ1) is 5.27. The topological polar surface area (TPSA) is 0 Å². The zero-order chi connectivity index (χ0) is 9.57. The van der Waals surface area contributed by atoms with E-state index in [9.17, 15) is 22.0 Å². The molecular weight excluding hydrogens is 294 g/mol. The fourth-order valence-corrected chi connectivity index (χ4v) is 1.91. The maximum atomic E-state index is 12.5. The fourth-order valence-electron chi connectivity index (χ4n) is 0.841. The molecule has 1 saturated carbocycles. The Morgan fingerprint density at radius 3 is 1.75 bits per heavy atom. The third kappa shape index (κ3) is 1.82. The van der Waals surface area contributed by atoms with Gasteiger partial charge in [0.25, 0.3) is 0 Å². The molecule has 0 nitrogen and oxygen atoms in total. The molecule has 0 spiro atoms. The van der Waals surface area contributed by atoms with E-state index in [0.29, 0.717) is 12.8 Å². The molecule has 0 aliphatic heterocycles. The van der Waals surface area contributed by atoms with E-state index in [1.165, 1.54) is 22.6 Å². The van der Waals surface area contributed by atoms with Gasteiger partial charge in [0.05, 0.1) is 3.92 Å². The number of alkyl halides is 6. The van der Waals surface area contributed by atoms with Gasteiger partial charge in [-0.3, -0.25) is 0 Å². The predicted octanol–water partition coefficient (Wildman–Crippen LogP) is 3.40. The Morgan fingerprint density at radius 1 is 1.08 bits per heavy atom. The molecule has 0 saturated heterocycles. The second-order valence-electron chi connectivity index (χ2n) is 2.86. The number of hydrogen-bond donors (Lipinski definition) is 0. The highest BCUT2D eigenvalue weighted by Crippen LogP contribution is 2.50. The molecule has 0 aromatic carbocycles. The van der Waals surface area contributed by atoms with Crippen LogP contribution in [0.15, 0.2) is 0 Å². The molecule has 0 N–H and O–H groups in total. The molecule has 1 aliphatic rings. The lowest BCUT2D eigenvalue weighted by molar-refractivity contribution is -0.280. The summed E-state index contributed by atoms with van der Waals surface area (Å²) in [6.45, 7) is 0. The summed E-state index contributed by atoms with van der Waals surface area (Å²) >= 11 is 1.19. The van der Waals surface area contributed by atoms with E-state index >= 15 is 0 Å². The average Bonchev–Trinajstić information content (AvgIpc) is 2.64. The number of halogens is 6. The Hall–Kier alpha value is 0.380. The van der Waals surface area contributed by atoms with Crippen molar-refractivity contribution in [1.82, 2.24) is 0 Å². The molecule has 0 aromatic rings. The molecule has 6 heteroatoms. The van der Waals surface area contributed by atoms with Crippen LogP contribution in [0.5, 0.6) is 0 Å². The van der Waals surface area contributed by atoms with E-state index < -0.39 is 21.9 Å². The van der Waals surface area contributed by atoms with E-state index in [2.05, 4.69) is 0 Å². The Balaban J connectivity index is 2.68. The van der Waals surface area contributed by atoms with E-state index in [4.69, 9.17) is 0 Å². The zero-order valence-corrected chi connectivity index (χ0v) is 7.99. The summed E-state index contributed by atoms with van der Waals surface area (Å²) in [4.78, 5) is 0. The molecular formula is C6H6F5I. The van der Waals surface area contributed by atoms with Crippen molar-refractivity contribution in [3.05, 3.63) is 0 Å². The summed E-state index contributed by atoms with van der Waals surface area (Å²) in [5, 5.41) is 0. The largest absolute Gasteiger partial charge is 0.454 e. The highest BCUT2D eigenvalue weighted by atomic mass is 127. The Kier molecular flexibility index (Phi) is 2.57. The molecule has 72 valence electrons. The minimum atomic E-state index is -5.40. The van der Waals surface area contributed by atoms with E-state index in [-0.39, 0.29) is 0 Å². The number of rotatable bonds is 2. The van der Waals surface area contributed by atoms with Gasteiger partial charge in [0.2, 0.25) is 0 Å². The molecule has 1 fully saturated rings. The maximum absolute atomic E-state index is 12.5. The Morgan fingerprint density at radius 2 is 1.50 bits per heavy atom. The lowest BCUT2D eigenvalue weighted by Gasteiger charge is -2.24. The molecule has 0 bridgehead atoms. The van der Waals surface area contributed by atoms with Gasteiger partial charge in [-0.25, -0.2) is 0 Å². The van der Waals surface area contributed by atoms with Crippen LogP contribution in [0, 0.1) is 5.92 Å². The second kappa shape index (κ2) is 2.95. The maximum Gasteiger partial charge on any atom is 0.454 e. The van der Waals surface area contributed by atoms with Gasteiger partial charge >= 0.3 is 12.1 Å². The van der Waals surface area contributed by atoms with Crippen LogP contribution in [0.4, 0.5) is 22.0 Å². The normalized spacial score (nSPS) is 22.5. The van der Waals surface area contributed by atoms with Crippen LogP contribution in [-0.4, -0.2) is 16.0 Å². The first-order valence-corrected chi connectivity index (χ1v) is 4.60. The summed E-state index contributed by atoms with van der Waals surface area (Å²) in [7, 11) is 0. The highest BCUT2D eigenvalue weighted by Gasteiger charge is 2.64. The Labute approximate surface area is 79.6 Å². The van der Waals surface area contributed by atoms with Crippen LogP contribution in [-0.2, 0) is 0 Å². The fraction of sp³-hybridized carbons (Fsp3) is 1.00. The minimum absolute atomic E-state index is 0.456. The molecule has 1 rings (SSSR count). The molecule has 0 heterocycles. The van der Waals surface area contributed by atoms with Gasteiger partial charge in [0, 0.05) is 0 Å². The predicted molar refractivity (Wildman–Crippen MR) is 41.5 cm³/mol. The van der Waals surface area contributed by atoms with Crippen molar-refractivity contribution in [3.8, 4) is 0 Å². The van der Waals surface area contributed by atoms with Gasteiger partial charge in [-0.05, 0) is 18.8 Å². The van der Waals surface area contributed by atoms with Gasteiger partial charge in [-0.2, -0.15) is 22.0 Å². The SMILES string of the molecule is FC(F)(F)C(F)(F)C(I)C1CC1. The molecule has 0 amide bonds. The van der Waals surface area contributed by atoms with E-state index in [1.807, 2.05) is 0 Å². The van der Waals surface area contributed by atoms with Gasteiger partial charge in [-0.15, -0.1) is 0 Å². The summed E-state index contributed by atoms with van der Waals surface area (Å²) in [5.74, 6) is -4.99. The molecule has 1 aliphatic carbocycles. The van der Waals surface area contributed by atoms with Crippen molar-refractivity contribution < 1.29 is 22.0 Å². The van der Waals surface area contributed by atoms with Gasteiger partial charge in [0.15, 0.2) is 0 Å². The average molecular weight is 300 g/mol. The van der Waals surface area contributed by atoms with Crippen LogP contribution in [0.2, 0.25) is 0 Å². The monoisotopic (exact) mass is 300 g/mol. The van der Waals surface area contributed by atoms with Crippen LogP contribution in [0.25, 0.3) is 0 Å². The first kappa shape index (κ1) is 10.5. The second-order valence-corrected chi connectivity index (χ2v) is 4.20. The summed E-state index contributed by atoms with van der Waals surface area (Å²) < 4.78 is 58.5. The van der Waals surface area contributed by atoms with Crippen LogP contribution >= 0.6 is 22.6 Å². The van der Waals surface area contributed by atoms with Gasteiger partial charge < -0.3 is 0 Å². The first-order valence-electron chi connectivity index (χ1n) is 3.35. The lowest BCUT2D eigenvalue weighted by atomic mass is 10.1. The van der Waals surface area contributed by atoms with Crippen LogP contribution < -0.4 is 0 Å². The molecule has 1 unspecified atom stereocenters. The van der Waals surface area contributed by atoms with Crippen molar-refractivity contribution in [2.45, 2.75) is 28.9 Å². The van der Waals surface area contributed by atoms with Crippen molar-refractivity contribution in [2.75, 3.05) is 0 Å². The Bertz CT molecular complexity index is 171. The quantitative estimate of drug-likeness (QED) is 0.416. The van der Waals surface area contributed by atoms with Gasteiger partial charge in [-0.1, -0.05) is 22.6 Å². The minimum Gasteiger partial charge on any atom is -0.195 e. The van der Waals surface area contributed by atoms with Crippen molar-refractivity contribution >= 4 is 22.6 Å². The summed E-state index contributed by atoms with van der Waals surface area (Å²) in [6.07, 6.45) is -4.43. The smallest absolute Gasteiger partial charge is 0.195 e. The molecule has 0 radical (unpaired) electrons. The third-order valence-corrected chi connectivity index (χ3v) is 3.56. The van der Waals surface area contributed by atoms with Crippen LogP contribution in [0.1, 0.15) is 12.8 Å². The molecule has 12 heavy (non-hydrogen) atoms. The molecule has 1 atom stereocenters. The number of hydrogen-bond acceptors (Lipinski definition) is 0. The summed E-state index contributed by atoms with van der Waals surface area (Å²) in [6, 6.07) is 0. The van der Waals surface area contributed by atoms with Gasteiger partial charge in [0.1, 0.15) is 0 Å².